The number of carbonyl (C=O) groups excluding carboxylic acids is 1. The molecule has 5 heteroatoms. The molecule has 1 aromatic carbocycles. The van der Waals surface area contributed by atoms with Crippen LogP contribution in [0.1, 0.15) is 26.9 Å². The molecule has 0 radical (unpaired) electrons. The van der Waals surface area contributed by atoms with E-state index in [4.69, 9.17) is 0 Å². The van der Waals surface area contributed by atoms with Crippen molar-refractivity contribution in [2.45, 2.75) is 13.0 Å². The molecule has 0 aliphatic carbocycles. The minimum Gasteiger partial charge on any atom is -0.386 e. The summed E-state index contributed by atoms with van der Waals surface area (Å²) in [6.07, 6.45) is -0.738. The number of benzene rings is 1. The van der Waals surface area contributed by atoms with Gasteiger partial charge < -0.3 is 10.4 Å². The van der Waals surface area contributed by atoms with Crippen molar-refractivity contribution in [3.63, 3.8) is 0 Å². The van der Waals surface area contributed by atoms with Gasteiger partial charge in [-0.15, -0.1) is 11.3 Å². The second-order valence-corrected chi connectivity index (χ2v) is 5.15. The van der Waals surface area contributed by atoms with Gasteiger partial charge in [0.2, 0.25) is 0 Å². The molecule has 1 amide bonds. The van der Waals surface area contributed by atoms with Crippen molar-refractivity contribution in [3.05, 3.63) is 57.5 Å². The lowest BCUT2D eigenvalue weighted by atomic mass is 10.2. The summed E-state index contributed by atoms with van der Waals surface area (Å²) >= 11 is 1.45. The van der Waals surface area contributed by atoms with Crippen LogP contribution in [0.15, 0.2) is 35.7 Å². The van der Waals surface area contributed by atoms with Crippen molar-refractivity contribution in [3.8, 4) is 0 Å². The van der Waals surface area contributed by atoms with Crippen LogP contribution < -0.4 is 5.32 Å². The van der Waals surface area contributed by atoms with Gasteiger partial charge in [-0.3, -0.25) is 4.79 Å². The molecule has 1 aromatic heterocycles. The number of halogens is 1. The molecule has 0 fully saturated rings. The highest BCUT2D eigenvalue weighted by Crippen LogP contribution is 2.23. The van der Waals surface area contributed by atoms with Crippen LogP contribution in [-0.4, -0.2) is 17.6 Å². The second kappa shape index (κ2) is 5.95. The van der Waals surface area contributed by atoms with Crippen LogP contribution in [0.4, 0.5) is 4.39 Å². The Balaban J connectivity index is 1.96. The van der Waals surface area contributed by atoms with Gasteiger partial charge in [0, 0.05) is 17.0 Å². The zero-order chi connectivity index (χ0) is 13.8. The Kier molecular flexibility index (Phi) is 4.29. The number of nitrogens with one attached hydrogen (secondary N) is 1. The van der Waals surface area contributed by atoms with Gasteiger partial charge in [0.15, 0.2) is 0 Å². The first-order valence-corrected chi connectivity index (χ1v) is 6.71. The Bertz CT molecular complexity index is 582. The van der Waals surface area contributed by atoms with E-state index in [9.17, 15) is 14.3 Å². The molecule has 1 heterocycles. The van der Waals surface area contributed by atoms with Crippen LogP contribution >= 0.6 is 11.3 Å². The van der Waals surface area contributed by atoms with Gasteiger partial charge >= 0.3 is 0 Å². The van der Waals surface area contributed by atoms with Crippen LogP contribution in [0.2, 0.25) is 0 Å². The molecule has 2 N–H and O–H groups in total. The molecule has 2 aromatic rings. The highest BCUT2D eigenvalue weighted by molar-refractivity contribution is 7.10. The first kappa shape index (κ1) is 13.7. The topological polar surface area (TPSA) is 49.3 Å². The van der Waals surface area contributed by atoms with Crippen molar-refractivity contribution in [1.82, 2.24) is 5.32 Å². The van der Waals surface area contributed by atoms with Gasteiger partial charge in [-0.25, -0.2) is 4.39 Å². The van der Waals surface area contributed by atoms with Crippen molar-refractivity contribution in [2.75, 3.05) is 6.54 Å². The fourth-order valence-corrected chi connectivity index (χ4v) is 2.65. The van der Waals surface area contributed by atoms with Crippen LogP contribution in [0.25, 0.3) is 0 Å². The smallest absolute Gasteiger partial charge is 0.251 e. The number of hydrogen-bond donors (Lipinski definition) is 2. The first-order valence-electron chi connectivity index (χ1n) is 5.83. The molecule has 3 nitrogen and oxygen atoms in total. The van der Waals surface area contributed by atoms with Crippen molar-refractivity contribution in [2.24, 2.45) is 0 Å². The highest BCUT2D eigenvalue weighted by atomic mass is 32.1. The molecule has 2 rings (SSSR count). The van der Waals surface area contributed by atoms with Crippen LogP contribution in [0.5, 0.6) is 0 Å². The maximum Gasteiger partial charge on any atom is 0.251 e. The average Bonchev–Trinajstić information content (AvgIpc) is 2.82. The van der Waals surface area contributed by atoms with Gasteiger partial charge in [-0.1, -0.05) is 6.07 Å². The second-order valence-electron chi connectivity index (χ2n) is 4.20. The molecular weight excluding hydrogens is 265 g/mol. The van der Waals surface area contributed by atoms with E-state index < -0.39 is 17.8 Å². The lowest BCUT2D eigenvalue weighted by Crippen LogP contribution is -2.28. The zero-order valence-corrected chi connectivity index (χ0v) is 11.2. The predicted octanol–water partition coefficient (Wildman–Crippen LogP) is 2.66. The number of rotatable bonds is 4. The van der Waals surface area contributed by atoms with Gasteiger partial charge in [0.25, 0.3) is 5.91 Å². The number of aryl methyl sites for hydroxylation is 1. The number of aliphatic hydroxyl groups excluding tert-OH is 1. The fraction of sp³-hybridized carbons (Fsp3) is 0.214. The average molecular weight is 279 g/mol. The zero-order valence-electron chi connectivity index (χ0n) is 10.4. The summed E-state index contributed by atoms with van der Waals surface area (Å²) in [6.45, 7) is 2.01. The standard InChI is InChI=1S/C14H14FNO2S/c1-9-5-6-19-13(9)12(17)8-16-14(18)10-3-2-4-11(15)7-10/h2-7,12,17H,8H2,1H3,(H,16,18). The van der Waals surface area contributed by atoms with Crippen LogP contribution in [0.3, 0.4) is 0 Å². The minimum absolute atomic E-state index is 0.108. The van der Waals surface area contributed by atoms with E-state index in [1.807, 2.05) is 18.4 Å². The molecule has 0 bridgehead atoms. The minimum atomic E-state index is -0.738. The molecule has 1 unspecified atom stereocenters. The Labute approximate surface area is 114 Å². The number of aliphatic hydroxyl groups is 1. The SMILES string of the molecule is Cc1ccsc1C(O)CNC(=O)c1cccc(F)c1. The van der Waals surface area contributed by atoms with Crippen LogP contribution in [0, 0.1) is 12.7 Å². The molecule has 1 atom stereocenters. The van der Waals surface area contributed by atoms with Crippen molar-refractivity contribution in [1.29, 1.82) is 0 Å². The quantitative estimate of drug-likeness (QED) is 0.904. The largest absolute Gasteiger partial charge is 0.386 e. The molecule has 0 aliphatic heterocycles. The van der Waals surface area contributed by atoms with Gasteiger partial charge in [0.05, 0.1) is 0 Å². The third kappa shape index (κ3) is 3.39. The highest BCUT2D eigenvalue weighted by Gasteiger charge is 2.14. The third-order valence-corrected chi connectivity index (χ3v) is 3.87. The van der Waals surface area contributed by atoms with E-state index in [2.05, 4.69) is 5.32 Å². The summed E-state index contributed by atoms with van der Waals surface area (Å²) < 4.78 is 13.0. The van der Waals surface area contributed by atoms with E-state index in [1.54, 1.807) is 0 Å². The monoisotopic (exact) mass is 279 g/mol. The normalized spacial score (nSPS) is 12.2. The summed E-state index contributed by atoms with van der Waals surface area (Å²) in [4.78, 5) is 12.6. The number of hydrogen-bond acceptors (Lipinski definition) is 3. The van der Waals surface area contributed by atoms with Gasteiger partial charge in [-0.05, 0) is 42.1 Å². The Morgan fingerprint density at radius 3 is 2.89 bits per heavy atom. The summed E-state index contributed by atoms with van der Waals surface area (Å²) in [5.74, 6) is -0.852. The number of carbonyl (C=O) groups is 1. The summed E-state index contributed by atoms with van der Waals surface area (Å²) in [7, 11) is 0. The first-order chi connectivity index (χ1) is 9.08. The third-order valence-electron chi connectivity index (χ3n) is 2.75. The Hall–Kier alpha value is -1.72. The molecule has 100 valence electrons. The van der Waals surface area contributed by atoms with E-state index in [0.29, 0.717) is 0 Å². The lowest BCUT2D eigenvalue weighted by Gasteiger charge is -2.11. The summed E-state index contributed by atoms with van der Waals surface area (Å²) in [5, 5.41) is 14.4. The molecule has 0 saturated heterocycles. The van der Waals surface area contributed by atoms with Crippen LogP contribution in [-0.2, 0) is 0 Å². The lowest BCUT2D eigenvalue weighted by molar-refractivity contribution is 0.0917. The summed E-state index contributed by atoms with van der Waals surface area (Å²) in [6, 6.07) is 7.36. The van der Waals surface area contributed by atoms with E-state index >= 15 is 0 Å². The fourth-order valence-electron chi connectivity index (χ4n) is 1.74. The van der Waals surface area contributed by atoms with Gasteiger partial charge in [-0.2, -0.15) is 0 Å². The maximum atomic E-state index is 13.0. The maximum absolute atomic E-state index is 13.0. The predicted molar refractivity (Wildman–Crippen MR) is 72.7 cm³/mol. The molecule has 19 heavy (non-hydrogen) atoms. The summed E-state index contributed by atoms with van der Waals surface area (Å²) in [5.41, 5.74) is 1.24. The van der Waals surface area contributed by atoms with E-state index in [-0.39, 0.29) is 12.1 Å². The number of amides is 1. The number of thiophene rings is 1. The molecular formula is C14H14FNO2S. The van der Waals surface area contributed by atoms with Crippen molar-refractivity contribution >= 4 is 17.2 Å². The van der Waals surface area contributed by atoms with Crippen molar-refractivity contribution < 1.29 is 14.3 Å². The van der Waals surface area contributed by atoms with E-state index in [0.717, 1.165) is 16.5 Å². The molecule has 0 spiro atoms. The Morgan fingerprint density at radius 1 is 1.47 bits per heavy atom. The Morgan fingerprint density at radius 2 is 2.26 bits per heavy atom. The molecule has 0 aliphatic rings. The van der Waals surface area contributed by atoms with E-state index in [1.165, 1.54) is 29.5 Å². The van der Waals surface area contributed by atoms with Gasteiger partial charge in [0.1, 0.15) is 11.9 Å². The molecule has 0 saturated carbocycles.